The molecular formula is C10H19NO2. The van der Waals surface area contributed by atoms with Crippen molar-refractivity contribution in [3.05, 3.63) is 0 Å². The zero-order valence-corrected chi connectivity index (χ0v) is 8.29. The van der Waals surface area contributed by atoms with Crippen LogP contribution in [-0.4, -0.2) is 25.0 Å². The summed E-state index contributed by atoms with van der Waals surface area (Å²) in [5, 5.41) is 0. The second kappa shape index (κ2) is 3.56. The molecule has 2 aliphatic rings. The summed E-state index contributed by atoms with van der Waals surface area (Å²) in [4.78, 5) is 0. The minimum Gasteiger partial charge on any atom is -0.347 e. The summed E-state index contributed by atoms with van der Waals surface area (Å²) in [7, 11) is 0. The van der Waals surface area contributed by atoms with Gasteiger partial charge in [-0.2, -0.15) is 0 Å². The molecule has 0 aromatic rings. The summed E-state index contributed by atoms with van der Waals surface area (Å²) in [5.41, 5.74) is 5.48. The maximum Gasteiger partial charge on any atom is 0.168 e. The van der Waals surface area contributed by atoms with Gasteiger partial charge in [-0.25, -0.2) is 0 Å². The molecule has 0 spiro atoms. The number of hydrogen-bond acceptors (Lipinski definition) is 3. The molecule has 0 radical (unpaired) electrons. The summed E-state index contributed by atoms with van der Waals surface area (Å²) in [6.45, 7) is 3.49. The Morgan fingerprint density at radius 3 is 2.77 bits per heavy atom. The largest absolute Gasteiger partial charge is 0.347 e. The van der Waals surface area contributed by atoms with E-state index in [0.717, 1.165) is 13.0 Å². The van der Waals surface area contributed by atoms with E-state index in [-0.39, 0.29) is 11.9 Å². The van der Waals surface area contributed by atoms with Crippen molar-refractivity contribution < 1.29 is 9.47 Å². The van der Waals surface area contributed by atoms with Crippen molar-refractivity contribution in [2.75, 3.05) is 13.2 Å². The summed E-state index contributed by atoms with van der Waals surface area (Å²) in [5.74, 6) is 0.327. The predicted molar refractivity (Wildman–Crippen MR) is 50.2 cm³/mol. The second-order valence-corrected chi connectivity index (χ2v) is 4.27. The Labute approximate surface area is 79.6 Å². The number of rotatable bonds is 3. The Morgan fingerprint density at radius 1 is 1.46 bits per heavy atom. The minimum atomic E-state index is -0.294. The van der Waals surface area contributed by atoms with Crippen LogP contribution in [0.1, 0.15) is 32.6 Å². The average molecular weight is 185 g/mol. The van der Waals surface area contributed by atoms with Crippen molar-refractivity contribution in [1.29, 1.82) is 0 Å². The molecule has 2 rings (SSSR count). The molecule has 2 N–H and O–H groups in total. The van der Waals surface area contributed by atoms with Crippen molar-refractivity contribution in [3.8, 4) is 0 Å². The van der Waals surface area contributed by atoms with E-state index in [4.69, 9.17) is 15.2 Å². The maximum absolute atomic E-state index is 5.89. The molecule has 13 heavy (non-hydrogen) atoms. The van der Waals surface area contributed by atoms with Gasteiger partial charge in [-0.3, -0.25) is 0 Å². The van der Waals surface area contributed by atoms with Crippen molar-refractivity contribution in [1.82, 2.24) is 0 Å². The van der Waals surface area contributed by atoms with Gasteiger partial charge in [0, 0.05) is 5.92 Å². The van der Waals surface area contributed by atoms with Crippen LogP contribution in [0.5, 0.6) is 0 Å². The Balaban J connectivity index is 1.87. The lowest BCUT2D eigenvalue weighted by Gasteiger charge is -2.38. The van der Waals surface area contributed by atoms with Gasteiger partial charge in [-0.1, -0.05) is 6.42 Å². The van der Waals surface area contributed by atoms with Gasteiger partial charge in [0.05, 0.1) is 12.7 Å². The molecule has 0 aromatic carbocycles. The smallest absolute Gasteiger partial charge is 0.168 e. The molecule has 2 fully saturated rings. The first-order valence-electron chi connectivity index (χ1n) is 5.26. The van der Waals surface area contributed by atoms with Crippen molar-refractivity contribution in [3.63, 3.8) is 0 Å². The van der Waals surface area contributed by atoms with Crippen LogP contribution in [0.15, 0.2) is 0 Å². The summed E-state index contributed by atoms with van der Waals surface area (Å²) < 4.78 is 11.6. The van der Waals surface area contributed by atoms with Crippen LogP contribution < -0.4 is 5.73 Å². The van der Waals surface area contributed by atoms with E-state index in [9.17, 15) is 0 Å². The first-order valence-corrected chi connectivity index (χ1v) is 5.26. The molecule has 0 aromatic heterocycles. The standard InChI is InChI=1S/C10H19NO2/c1-10(8-3-2-4-8)12-7-9(13-10)5-6-11/h8-9H,2-7,11H2,1H3. The molecule has 1 aliphatic heterocycles. The zero-order valence-electron chi connectivity index (χ0n) is 8.29. The highest BCUT2D eigenvalue weighted by molar-refractivity contribution is 4.86. The fraction of sp³-hybridized carbons (Fsp3) is 1.00. The SMILES string of the molecule is CC1(C2CCC2)OCC(CCN)O1. The zero-order chi connectivity index (χ0) is 9.31. The topological polar surface area (TPSA) is 44.5 Å². The fourth-order valence-corrected chi connectivity index (χ4v) is 2.13. The maximum atomic E-state index is 5.89. The monoisotopic (exact) mass is 185 g/mol. The van der Waals surface area contributed by atoms with Gasteiger partial charge in [-0.05, 0) is 32.7 Å². The van der Waals surface area contributed by atoms with Gasteiger partial charge in [0.1, 0.15) is 0 Å². The van der Waals surface area contributed by atoms with Crippen LogP contribution in [-0.2, 0) is 9.47 Å². The normalized spacial score (nSPS) is 40.6. The first kappa shape index (κ1) is 9.44. The van der Waals surface area contributed by atoms with E-state index in [1.807, 2.05) is 0 Å². The highest BCUT2D eigenvalue weighted by atomic mass is 16.7. The van der Waals surface area contributed by atoms with E-state index in [1.165, 1.54) is 19.3 Å². The molecule has 0 amide bonds. The third-order valence-corrected chi connectivity index (χ3v) is 3.29. The second-order valence-electron chi connectivity index (χ2n) is 4.27. The molecule has 1 heterocycles. The third kappa shape index (κ3) is 1.73. The summed E-state index contributed by atoms with van der Waals surface area (Å²) in [6, 6.07) is 0. The van der Waals surface area contributed by atoms with Gasteiger partial charge in [0.15, 0.2) is 5.79 Å². The van der Waals surface area contributed by atoms with Crippen molar-refractivity contribution in [2.24, 2.45) is 11.7 Å². The van der Waals surface area contributed by atoms with Gasteiger partial charge >= 0.3 is 0 Å². The Kier molecular flexibility index (Phi) is 2.58. The predicted octanol–water partition coefficient (Wildman–Crippen LogP) is 1.27. The molecule has 3 heteroatoms. The van der Waals surface area contributed by atoms with E-state index in [0.29, 0.717) is 12.5 Å². The van der Waals surface area contributed by atoms with E-state index < -0.39 is 0 Å². The van der Waals surface area contributed by atoms with Gasteiger partial charge in [0.25, 0.3) is 0 Å². The van der Waals surface area contributed by atoms with Gasteiger partial charge < -0.3 is 15.2 Å². The Morgan fingerprint density at radius 2 is 2.23 bits per heavy atom. The first-order chi connectivity index (χ1) is 6.24. The minimum absolute atomic E-state index is 0.232. The molecule has 1 saturated heterocycles. The van der Waals surface area contributed by atoms with E-state index >= 15 is 0 Å². The van der Waals surface area contributed by atoms with E-state index in [1.54, 1.807) is 0 Å². The lowest BCUT2D eigenvalue weighted by Crippen LogP contribution is -2.40. The molecule has 1 aliphatic carbocycles. The van der Waals surface area contributed by atoms with Crippen LogP contribution >= 0.6 is 0 Å². The van der Waals surface area contributed by atoms with Crippen LogP contribution in [0, 0.1) is 5.92 Å². The van der Waals surface area contributed by atoms with Crippen molar-refractivity contribution >= 4 is 0 Å². The summed E-state index contributed by atoms with van der Waals surface area (Å²) in [6.07, 6.45) is 4.99. The molecule has 2 atom stereocenters. The van der Waals surface area contributed by atoms with Crippen LogP contribution in [0.25, 0.3) is 0 Å². The highest BCUT2D eigenvalue weighted by Gasteiger charge is 2.45. The molecular weight excluding hydrogens is 166 g/mol. The molecule has 0 bridgehead atoms. The molecule has 1 saturated carbocycles. The molecule has 2 unspecified atom stereocenters. The van der Waals surface area contributed by atoms with Gasteiger partial charge in [0.2, 0.25) is 0 Å². The molecule has 3 nitrogen and oxygen atoms in total. The Hall–Kier alpha value is -0.120. The number of ether oxygens (including phenoxy) is 2. The Bertz CT molecular complexity index is 182. The summed E-state index contributed by atoms with van der Waals surface area (Å²) >= 11 is 0. The number of nitrogens with two attached hydrogens (primary N) is 1. The fourth-order valence-electron chi connectivity index (χ4n) is 2.13. The van der Waals surface area contributed by atoms with Crippen LogP contribution in [0.3, 0.4) is 0 Å². The number of hydrogen-bond donors (Lipinski definition) is 1. The van der Waals surface area contributed by atoms with Crippen LogP contribution in [0.4, 0.5) is 0 Å². The van der Waals surface area contributed by atoms with Crippen LogP contribution in [0.2, 0.25) is 0 Å². The van der Waals surface area contributed by atoms with E-state index in [2.05, 4.69) is 6.92 Å². The van der Waals surface area contributed by atoms with Gasteiger partial charge in [-0.15, -0.1) is 0 Å². The van der Waals surface area contributed by atoms with Crippen molar-refractivity contribution in [2.45, 2.75) is 44.5 Å². The quantitative estimate of drug-likeness (QED) is 0.720. The lowest BCUT2D eigenvalue weighted by molar-refractivity contribution is -0.207. The molecule has 76 valence electrons. The highest BCUT2D eigenvalue weighted by Crippen LogP contribution is 2.42. The lowest BCUT2D eigenvalue weighted by atomic mass is 9.79. The average Bonchev–Trinajstić information content (AvgIpc) is 2.29. The third-order valence-electron chi connectivity index (χ3n) is 3.29.